The first-order valence-electron chi connectivity index (χ1n) is 10.8. The molecule has 2 aromatic carbocycles. The molecule has 0 radical (unpaired) electrons. The van der Waals surface area contributed by atoms with Gasteiger partial charge in [0.05, 0.1) is 6.61 Å². The van der Waals surface area contributed by atoms with Crippen molar-refractivity contribution in [3.63, 3.8) is 0 Å². The molecule has 174 valence electrons. The number of ether oxygens (including phenoxy) is 1. The number of para-hydroxylation sites is 1. The number of aromatic nitrogens is 1. The molecule has 1 saturated heterocycles. The van der Waals surface area contributed by atoms with Gasteiger partial charge in [-0.1, -0.05) is 35.9 Å². The maximum Gasteiger partial charge on any atom is 0.329 e. The van der Waals surface area contributed by atoms with Crippen molar-refractivity contribution in [1.82, 2.24) is 14.8 Å². The Balaban J connectivity index is 1.53. The van der Waals surface area contributed by atoms with E-state index in [9.17, 15) is 19.2 Å². The van der Waals surface area contributed by atoms with Crippen LogP contribution < -0.4 is 10.6 Å². The predicted octanol–water partition coefficient (Wildman–Crippen LogP) is 3.04. The Labute approximate surface area is 196 Å². The molecule has 0 saturated carbocycles. The van der Waals surface area contributed by atoms with Crippen LogP contribution in [-0.2, 0) is 25.7 Å². The van der Waals surface area contributed by atoms with Crippen LogP contribution in [0.3, 0.4) is 0 Å². The van der Waals surface area contributed by atoms with Gasteiger partial charge in [0.25, 0.3) is 5.91 Å². The Morgan fingerprint density at radius 2 is 1.79 bits per heavy atom. The van der Waals surface area contributed by atoms with E-state index in [0.717, 1.165) is 21.4 Å². The molecule has 4 rings (SSSR count). The zero-order valence-electron chi connectivity index (χ0n) is 18.8. The number of benzene rings is 2. The minimum atomic E-state index is -0.675. The van der Waals surface area contributed by atoms with Crippen molar-refractivity contribution >= 4 is 46.5 Å². The maximum absolute atomic E-state index is 12.9. The van der Waals surface area contributed by atoms with E-state index in [1.807, 2.05) is 43.3 Å². The standard InChI is InChI=1S/C25H24N4O5/c1-3-34-23(31)15-28-13-17(19-6-4-5-7-21(19)28)12-20-24(32)29(25(33)27-20)14-22(30)26-18-10-8-16(2)9-11-18/h4-13H,3,14-15H2,1-2H3,(H,26,30)(H,27,33)/b20-12-. The summed E-state index contributed by atoms with van der Waals surface area (Å²) in [6, 6.07) is 13.9. The first-order valence-corrected chi connectivity index (χ1v) is 10.8. The van der Waals surface area contributed by atoms with Gasteiger partial charge in [-0.25, -0.2) is 9.69 Å². The molecule has 3 aromatic rings. The second-order valence-corrected chi connectivity index (χ2v) is 7.83. The first-order chi connectivity index (χ1) is 16.4. The molecule has 1 aliphatic heterocycles. The molecule has 0 unspecified atom stereocenters. The molecule has 34 heavy (non-hydrogen) atoms. The average molecular weight is 460 g/mol. The van der Waals surface area contributed by atoms with E-state index in [0.29, 0.717) is 11.3 Å². The van der Waals surface area contributed by atoms with Crippen LogP contribution in [0.25, 0.3) is 17.0 Å². The van der Waals surface area contributed by atoms with Crippen molar-refractivity contribution < 1.29 is 23.9 Å². The third kappa shape index (κ3) is 4.83. The quantitative estimate of drug-likeness (QED) is 0.320. The van der Waals surface area contributed by atoms with Gasteiger partial charge in [0.15, 0.2) is 0 Å². The number of carbonyl (C=O) groups is 4. The van der Waals surface area contributed by atoms with Gasteiger partial charge in [-0.05, 0) is 38.1 Å². The molecule has 0 bridgehead atoms. The van der Waals surface area contributed by atoms with Crippen molar-refractivity contribution in [3.8, 4) is 0 Å². The maximum atomic E-state index is 12.9. The van der Waals surface area contributed by atoms with Crippen LogP contribution >= 0.6 is 0 Å². The molecule has 0 atom stereocenters. The number of anilines is 1. The number of nitrogens with one attached hydrogen (secondary N) is 2. The summed E-state index contributed by atoms with van der Waals surface area (Å²) in [5, 5.41) is 6.01. The summed E-state index contributed by atoms with van der Waals surface area (Å²) in [6.45, 7) is 3.55. The molecule has 9 heteroatoms. The monoisotopic (exact) mass is 460 g/mol. The Hall–Kier alpha value is -4.40. The zero-order valence-corrected chi connectivity index (χ0v) is 18.8. The van der Waals surface area contributed by atoms with Gasteiger partial charge in [0, 0.05) is 28.4 Å². The highest BCUT2D eigenvalue weighted by molar-refractivity contribution is 6.16. The second kappa shape index (κ2) is 9.62. The third-order valence-electron chi connectivity index (χ3n) is 5.32. The Morgan fingerprint density at radius 3 is 2.53 bits per heavy atom. The highest BCUT2D eigenvalue weighted by Gasteiger charge is 2.35. The van der Waals surface area contributed by atoms with E-state index in [1.165, 1.54) is 0 Å². The molecule has 2 N–H and O–H groups in total. The lowest BCUT2D eigenvalue weighted by molar-refractivity contribution is -0.143. The fraction of sp³-hybridized carbons (Fsp3) is 0.200. The second-order valence-electron chi connectivity index (χ2n) is 7.83. The number of nitrogens with zero attached hydrogens (tertiary/aromatic N) is 2. The van der Waals surface area contributed by atoms with Gasteiger partial charge in [-0.2, -0.15) is 0 Å². The molecule has 4 amide bonds. The molecule has 1 fully saturated rings. The van der Waals surface area contributed by atoms with Crippen LogP contribution in [0.1, 0.15) is 18.1 Å². The van der Waals surface area contributed by atoms with E-state index < -0.39 is 24.4 Å². The van der Waals surface area contributed by atoms with Gasteiger partial charge in [-0.3, -0.25) is 14.4 Å². The van der Waals surface area contributed by atoms with Crippen LogP contribution in [-0.4, -0.2) is 46.4 Å². The fourth-order valence-corrected chi connectivity index (χ4v) is 3.72. The smallest absolute Gasteiger partial charge is 0.329 e. The van der Waals surface area contributed by atoms with E-state index >= 15 is 0 Å². The number of aryl methyl sites for hydroxylation is 1. The number of urea groups is 1. The number of carbonyl (C=O) groups excluding carboxylic acids is 4. The Bertz CT molecular complexity index is 1310. The van der Waals surface area contributed by atoms with E-state index in [4.69, 9.17) is 4.74 Å². The normalized spacial score (nSPS) is 14.5. The summed E-state index contributed by atoms with van der Waals surface area (Å²) >= 11 is 0. The van der Waals surface area contributed by atoms with Crippen LogP contribution in [0.4, 0.5) is 10.5 Å². The molecule has 2 heterocycles. The first kappa shape index (κ1) is 22.8. The van der Waals surface area contributed by atoms with Crippen molar-refractivity contribution in [3.05, 3.63) is 71.6 Å². The number of esters is 1. The topological polar surface area (TPSA) is 110 Å². The third-order valence-corrected chi connectivity index (χ3v) is 5.32. The number of hydrogen-bond acceptors (Lipinski definition) is 5. The minimum absolute atomic E-state index is 0.0170. The zero-order chi connectivity index (χ0) is 24.2. The van der Waals surface area contributed by atoms with Gasteiger partial charge < -0.3 is 19.9 Å². The van der Waals surface area contributed by atoms with E-state index in [-0.39, 0.29) is 24.8 Å². The summed E-state index contributed by atoms with van der Waals surface area (Å²) in [6.07, 6.45) is 3.27. The molecular formula is C25H24N4O5. The lowest BCUT2D eigenvalue weighted by Crippen LogP contribution is -2.38. The van der Waals surface area contributed by atoms with Crippen LogP contribution in [0.2, 0.25) is 0 Å². The summed E-state index contributed by atoms with van der Waals surface area (Å²) in [7, 11) is 0. The molecule has 0 spiro atoms. The van der Waals surface area contributed by atoms with Gasteiger partial charge in [-0.15, -0.1) is 0 Å². The summed E-state index contributed by atoms with van der Waals surface area (Å²) in [5.41, 5.74) is 3.11. The predicted molar refractivity (Wildman–Crippen MR) is 127 cm³/mol. The minimum Gasteiger partial charge on any atom is -0.465 e. The van der Waals surface area contributed by atoms with E-state index in [2.05, 4.69) is 10.6 Å². The van der Waals surface area contributed by atoms with Gasteiger partial charge in [0.1, 0.15) is 18.8 Å². The lowest BCUT2D eigenvalue weighted by atomic mass is 10.1. The van der Waals surface area contributed by atoms with Crippen LogP contribution in [0, 0.1) is 6.92 Å². The number of hydrogen-bond donors (Lipinski definition) is 2. The van der Waals surface area contributed by atoms with E-state index in [1.54, 1.807) is 35.9 Å². The SMILES string of the molecule is CCOC(=O)Cn1cc(/C=C2\NC(=O)N(CC(=O)Nc3ccc(C)cc3)C2=O)c2ccccc21. The molecule has 1 aliphatic rings. The summed E-state index contributed by atoms with van der Waals surface area (Å²) in [4.78, 5) is 50.5. The van der Waals surface area contributed by atoms with Gasteiger partial charge >= 0.3 is 12.0 Å². The molecular weight excluding hydrogens is 436 g/mol. The van der Waals surface area contributed by atoms with Crippen LogP contribution in [0.15, 0.2) is 60.4 Å². The summed E-state index contributed by atoms with van der Waals surface area (Å²) < 4.78 is 6.77. The molecule has 1 aromatic heterocycles. The van der Waals surface area contributed by atoms with Crippen molar-refractivity contribution in [2.24, 2.45) is 0 Å². The number of rotatable bonds is 7. The van der Waals surface area contributed by atoms with Crippen molar-refractivity contribution in [2.45, 2.75) is 20.4 Å². The molecule has 9 nitrogen and oxygen atoms in total. The lowest BCUT2D eigenvalue weighted by Gasteiger charge is -2.12. The highest BCUT2D eigenvalue weighted by Crippen LogP contribution is 2.25. The average Bonchev–Trinajstić information content (AvgIpc) is 3.27. The van der Waals surface area contributed by atoms with Gasteiger partial charge in [0.2, 0.25) is 5.91 Å². The number of imide groups is 1. The van der Waals surface area contributed by atoms with Crippen molar-refractivity contribution in [1.29, 1.82) is 0 Å². The number of fused-ring (bicyclic) bond motifs is 1. The van der Waals surface area contributed by atoms with Crippen LogP contribution in [0.5, 0.6) is 0 Å². The summed E-state index contributed by atoms with van der Waals surface area (Å²) in [5.74, 6) is -1.47. The number of amides is 4. The Morgan fingerprint density at radius 1 is 1.06 bits per heavy atom. The largest absolute Gasteiger partial charge is 0.465 e. The van der Waals surface area contributed by atoms with Crippen molar-refractivity contribution in [2.75, 3.05) is 18.5 Å². The Kier molecular flexibility index (Phi) is 6.44. The fourth-order valence-electron chi connectivity index (χ4n) is 3.72. The highest BCUT2D eigenvalue weighted by atomic mass is 16.5. The molecule has 0 aliphatic carbocycles.